The third-order valence-electron chi connectivity index (χ3n) is 4.25. The monoisotopic (exact) mass is 270 g/mol. The number of carbonyl (C=O) groups excluding carboxylic acids is 1. The Labute approximate surface area is 117 Å². The summed E-state index contributed by atoms with van der Waals surface area (Å²) in [6, 6.07) is 0. The molecule has 1 fully saturated rings. The minimum Gasteiger partial charge on any atom is -0.364 e. The van der Waals surface area contributed by atoms with Crippen molar-refractivity contribution >= 4 is 5.91 Å². The molecule has 0 aromatic rings. The Bertz CT molecular complexity index is 280. The minimum atomic E-state index is -0.280. The van der Waals surface area contributed by atoms with Crippen LogP contribution in [0.15, 0.2) is 0 Å². The SMILES string of the molecule is CCCCNC(=O)COC1(CN)CCC(C)(C)CC1. The summed E-state index contributed by atoms with van der Waals surface area (Å²) in [5, 5.41) is 2.88. The van der Waals surface area contributed by atoms with E-state index in [-0.39, 0.29) is 18.1 Å². The molecule has 4 nitrogen and oxygen atoms in total. The van der Waals surface area contributed by atoms with Crippen molar-refractivity contribution in [3.63, 3.8) is 0 Å². The second kappa shape index (κ2) is 7.25. The molecule has 3 N–H and O–H groups in total. The second-order valence-corrected chi connectivity index (χ2v) is 6.54. The van der Waals surface area contributed by atoms with Gasteiger partial charge in [0.25, 0.3) is 0 Å². The normalized spacial score (nSPS) is 21.1. The van der Waals surface area contributed by atoms with Crippen LogP contribution in [-0.2, 0) is 9.53 Å². The van der Waals surface area contributed by atoms with Gasteiger partial charge >= 0.3 is 0 Å². The van der Waals surface area contributed by atoms with Crippen molar-refractivity contribution in [2.75, 3.05) is 19.7 Å². The van der Waals surface area contributed by atoms with E-state index >= 15 is 0 Å². The lowest BCUT2D eigenvalue weighted by molar-refractivity contribution is -0.137. The number of carbonyl (C=O) groups is 1. The van der Waals surface area contributed by atoms with Gasteiger partial charge < -0.3 is 15.8 Å². The molecule has 0 aliphatic heterocycles. The second-order valence-electron chi connectivity index (χ2n) is 6.54. The summed E-state index contributed by atoms with van der Waals surface area (Å²) >= 11 is 0. The molecule has 19 heavy (non-hydrogen) atoms. The van der Waals surface area contributed by atoms with Crippen LogP contribution in [0.3, 0.4) is 0 Å². The van der Waals surface area contributed by atoms with Gasteiger partial charge in [-0.3, -0.25) is 4.79 Å². The molecule has 1 amide bonds. The van der Waals surface area contributed by atoms with Crippen LogP contribution in [0.4, 0.5) is 0 Å². The third-order valence-corrected chi connectivity index (χ3v) is 4.25. The number of nitrogens with one attached hydrogen (secondary N) is 1. The molecule has 1 aliphatic rings. The molecule has 1 saturated carbocycles. The Morgan fingerprint density at radius 3 is 2.42 bits per heavy atom. The number of ether oxygens (including phenoxy) is 1. The molecule has 0 bridgehead atoms. The van der Waals surface area contributed by atoms with Gasteiger partial charge in [0, 0.05) is 13.1 Å². The molecular formula is C15H30N2O2. The minimum absolute atomic E-state index is 0.0221. The highest BCUT2D eigenvalue weighted by Crippen LogP contribution is 2.41. The van der Waals surface area contributed by atoms with Gasteiger partial charge in [0.1, 0.15) is 6.61 Å². The summed E-state index contributed by atoms with van der Waals surface area (Å²) in [4.78, 5) is 11.7. The van der Waals surface area contributed by atoms with Crippen molar-refractivity contribution in [3.05, 3.63) is 0 Å². The van der Waals surface area contributed by atoms with Crippen LogP contribution in [0.5, 0.6) is 0 Å². The van der Waals surface area contributed by atoms with Crippen LogP contribution in [-0.4, -0.2) is 31.2 Å². The van der Waals surface area contributed by atoms with Gasteiger partial charge in [0.15, 0.2) is 0 Å². The summed E-state index contributed by atoms with van der Waals surface area (Å²) < 4.78 is 5.87. The Balaban J connectivity index is 2.34. The third kappa shape index (κ3) is 5.49. The Kier molecular flexibility index (Phi) is 6.27. The number of nitrogens with two attached hydrogens (primary N) is 1. The average Bonchev–Trinajstić information content (AvgIpc) is 2.39. The first-order chi connectivity index (χ1) is 8.93. The van der Waals surface area contributed by atoms with Crippen LogP contribution in [0.1, 0.15) is 59.3 Å². The quantitative estimate of drug-likeness (QED) is 0.697. The standard InChI is InChI=1S/C15H30N2O2/c1-4-5-10-17-13(18)11-19-15(12-16)8-6-14(2,3)7-9-15/h4-12,16H2,1-3H3,(H,17,18). The molecule has 1 aliphatic carbocycles. The molecule has 0 aromatic carbocycles. The van der Waals surface area contributed by atoms with Crippen molar-refractivity contribution < 1.29 is 9.53 Å². The predicted octanol–water partition coefficient (Wildman–Crippen LogP) is 2.22. The largest absolute Gasteiger partial charge is 0.364 e. The first-order valence-corrected chi connectivity index (χ1v) is 7.54. The molecule has 0 unspecified atom stereocenters. The summed E-state index contributed by atoms with van der Waals surface area (Å²) in [6.07, 6.45) is 6.24. The van der Waals surface area contributed by atoms with Crippen molar-refractivity contribution in [2.24, 2.45) is 11.1 Å². The lowest BCUT2D eigenvalue weighted by atomic mass is 9.71. The zero-order chi connectivity index (χ0) is 14.4. The Hall–Kier alpha value is -0.610. The number of rotatable bonds is 7. The summed E-state index contributed by atoms with van der Waals surface area (Å²) in [5.41, 5.74) is 5.98. The van der Waals surface area contributed by atoms with E-state index in [9.17, 15) is 4.79 Å². The summed E-state index contributed by atoms with van der Waals surface area (Å²) in [7, 11) is 0. The lowest BCUT2D eigenvalue weighted by Gasteiger charge is -2.42. The molecule has 0 saturated heterocycles. The molecule has 0 radical (unpaired) electrons. The lowest BCUT2D eigenvalue weighted by Crippen LogP contribution is -2.47. The molecule has 1 rings (SSSR count). The van der Waals surface area contributed by atoms with Crippen molar-refractivity contribution in [2.45, 2.75) is 64.9 Å². The highest BCUT2D eigenvalue weighted by Gasteiger charge is 2.38. The number of hydrogen-bond donors (Lipinski definition) is 2. The fourth-order valence-corrected chi connectivity index (χ4v) is 2.46. The molecule has 0 heterocycles. The maximum Gasteiger partial charge on any atom is 0.246 e. The van der Waals surface area contributed by atoms with E-state index in [2.05, 4.69) is 26.1 Å². The highest BCUT2D eigenvalue weighted by molar-refractivity contribution is 5.77. The number of amides is 1. The smallest absolute Gasteiger partial charge is 0.246 e. The van der Waals surface area contributed by atoms with Gasteiger partial charge in [-0.2, -0.15) is 0 Å². The van der Waals surface area contributed by atoms with E-state index in [0.29, 0.717) is 12.0 Å². The highest BCUT2D eigenvalue weighted by atomic mass is 16.5. The van der Waals surface area contributed by atoms with Crippen LogP contribution in [0.25, 0.3) is 0 Å². The maximum absolute atomic E-state index is 11.7. The average molecular weight is 270 g/mol. The molecule has 112 valence electrons. The van der Waals surface area contributed by atoms with Crippen LogP contribution in [0, 0.1) is 5.41 Å². The zero-order valence-electron chi connectivity index (χ0n) is 12.8. The maximum atomic E-state index is 11.7. The van der Waals surface area contributed by atoms with Crippen molar-refractivity contribution in [3.8, 4) is 0 Å². The molecule has 0 spiro atoms. The topological polar surface area (TPSA) is 64.3 Å². The van der Waals surface area contributed by atoms with Gasteiger partial charge in [-0.25, -0.2) is 0 Å². The molecule has 4 heteroatoms. The van der Waals surface area contributed by atoms with E-state index in [0.717, 1.165) is 45.1 Å². The first-order valence-electron chi connectivity index (χ1n) is 7.54. The van der Waals surface area contributed by atoms with E-state index in [1.165, 1.54) is 0 Å². The van der Waals surface area contributed by atoms with E-state index < -0.39 is 0 Å². The Morgan fingerprint density at radius 1 is 1.26 bits per heavy atom. The first kappa shape index (κ1) is 16.4. The van der Waals surface area contributed by atoms with Crippen molar-refractivity contribution in [1.82, 2.24) is 5.32 Å². The van der Waals surface area contributed by atoms with Gasteiger partial charge in [-0.05, 0) is 37.5 Å². The fourth-order valence-electron chi connectivity index (χ4n) is 2.46. The Morgan fingerprint density at radius 2 is 1.89 bits per heavy atom. The summed E-state index contributed by atoms with van der Waals surface area (Å²) in [6.45, 7) is 8.06. The van der Waals surface area contributed by atoms with Crippen molar-refractivity contribution in [1.29, 1.82) is 0 Å². The van der Waals surface area contributed by atoms with E-state index in [1.807, 2.05) is 0 Å². The van der Waals surface area contributed by atoms with Crippen LogP contribution in [0.2, 0.25) is 0 Å². The number of unbranched alkanes of at least 4 members (excludes halogenated alkanes) is 1. The van der Waals surface area contributed by atoms with E-state index in [4.69, 9.17) is 10.5 Å². The predicted molar refractivity (Wildman–Crippen MR) is 77.9 cm³/mol. The fraction of sp³-hybridized carbons (Fsp3) is 0.933. The molecule has 0 atom stereocenters. The van der Waals surface area contributed by atoms with Gasteiger partial charge in [-0.1, -0.05) is 27.2 Å². The van der Waals surface area contributed by atoms with Crippen LogP contribution >= 0.6 is 0 Å². The van der Waals surface area contributed by atoms with Crippen LogP contribution < -0.4 is 11.1 Å². The molecular weight excluding hydrogens is 240 g/mol. The molecule has 0 aromatic heterocycles. The van der Waals surface area contributed by atoms with E-state index in [1.54, 1.807) is 0 Å². The number of hydrogen-bond acceptors (Lipinski definition) is 3. The summed E-state index contributed by atoms with van der Waals surface area (Å²) in [5.74, 6) is -0.0221. The zero-order valence-corrected chi connectivity index (χ0v) is 12.8. The van der Waals surface area contributed by atoms with Gasteiger partial charge in [-0.15, -0.1) is 0 Å². The van der Waals surface area contributed by atoms with Gasteiger partial charge in [0.05, 0.1) is 5.60 Å². The van der Waals surface area contributed by atoms with Gasteiger partial charge in [0.2, 0.25) is 5.91 Å².